The minimum atomic E-state index is -0.207. The molecule has 16 heavy (non-hydrogen) atoms. The lowest BCUT2D eigenvalue weighted by Crippen LogP contribution is -2.38. The van der Waals surface area contributed by atoms with Gasteiger partial charge in [-0.3, -0.25) is 0 Å². The van der Waals surface area contributed by atoms with E-state index in [0.717, 1.165) is 11.2 Å². The van der Waals surface area contributed by atoms with Gasteiger partial charge in [0, 0.05) is 0 Å². The molecule has 1 aromatic carbocycles. The second-order valence-electron chi connectivity index (χ2n) is 3.92. The van der Waals surface area contributed by atoms with Gasteiger partial charge in [0.2, 0.25) is 0 Å². The van der Waals surface area contributed by atoms with Gasteiger partial charge < -0.3 is 18.8 Å². The molecule has 2 aliphatic heterocycles. The molecule has 5 heteroatoms. The Morgan fingerprint density at radius 3 is 2.31 bits per heavy atom. The maximum Gasteiger partial charge on any atom is 0.494 e. The summed E-state index contributed by atoms with van der Waals surface area (Å²) in [6.45, 7) is 2.72. The molecule has 84 valence electrons. The van der Waals surface area contributed by atoms with Crippen molar-refractivity contribution in [3.8, 4) is 5.75 Å². The molecule has 2 aliphatic rings. The average Bonchev–Trinajstić information content (AvgIpc) is 2.78. The summed E-state index contributed by atoms with van der Waals surface area (Å²) in [7, 11) is -0.207. The van der Waals surface area contributed by atoms with Gasteiger partial charge in [0.15, 0.2) is 0 Å². The van der Waals surface area contributed by atoms with Crippen LogP contribution in [0.2, 0.25) is 0 Å². The second kappa shape index (κ2) is 4.45. The van der Waals surface area contributed by atoms with E-state index in [0.29, 0.717) is 26.4 Å². The Balaban J connectivity index is 1.64. The van der Waals surface area contributed by atoms with Gasteiger partial charge in [-0.05, 0) is 17.6 Å². The highest BCUT2D eigenvalue weighted by atomic mass is 16.6. The van der Waals surface area contributed by atoms with Crippen molar-refractivity contribution in [1.29, 1.82) is 0 Å². The van der Waals surface area contributed by atoms with Crippen LogP contribution in [-0.4, -0.2) is 39.6 Å². The minimum absolute atomic E-state index is 0.207. The molecule has 0 saturated carbocycles. The topological polar surface area (TPSA) is 36.9 Å². The number of benzene rings is 1. The van der Waals surface area contributed by atoms with E-state index in [9.17, 15) is 0 Å². The third-order valence-corrected chi connectivity index (χ3v) is 2.68. The van der Waals surface area contributed by atoms with Crippen LogP contribution in [0.15, 0.2) is 24.3 Å². The maximum absolute atomic E-state index is 5.66. The van der Waals surface area contributed by atoms with E-state index in [1.165, 1.54) is 0 Å². The Kier molecular flexibility index (Phi) is 2.82. The van der Waals surface area contributed by atoms with Crippen LogP contribution in [0.1, 0.15) is 0 Å². The summed E-state index contributed by atoms with van der Waals surface area (Å²) < 4.78 is 21.5. The predicted octanol–water partition coefficient (Wildman–Crippen LogP) is 0.206. The molecule has 0 spiro atoms. The van der Waals surface area contributed by atoms with E-state index in [1.54, 1.807) is 0 Å². The monoisotopic (exact) mass is 220 g/mol. The zero-order valence-electron chi connectivity index (χ0n) is 8.93. The first-order valence-corrected chi connectivity index (χ1v) is 5.49. The molecular formula is C11H13BO4. The van der Waals surface area contributed by atoms with Crippen LogP contribution < -0.4 is 10.2 Å². The zero-order valence-corrected chi connectivity index (χ0v) is 8.93. The van der Waals surface area contributed by atoms with Gasteiger partial charge in [-0.2, -0.15) is 0 Å². The third kappa shape index (κ3) is 2.07. The standard InChI is InChI=1S/C11H13BO4/c1-3-10(16-11-7-13-8-11)4-2-9(1)12-14-5-6-15-12/h1-4,11H,5-8H2. The number of rotatable bonds is 3. The first-order chi connectivity index (χ1) is 7.92. The van der Waals surface area contributed by atoms with Crippen molar-refractivity contribution in [2.75, 3.05) is 26.4 Å². The Bertz CT molecular complexity index is 344. The van der Waals surface area contributed by atoms with E-state index in [-0.39, 0.29) is 13.2 Å². The Hall–Kier alpha value is -1.04. The summed E-state index contributed by atoms with van der Waals surface area (Å²) in [4.78, 5) is 0. The van der Waals surface area contributed by atoms with Gasteiger partial charge in [-0.15, -0.1) is 0 Å². The molecule has 0 atom stereocenters. The van der Waals surface area contributed by atoms with Crippen LogP contribution in [0.25, 0.3) is 0 Å². The van der Waals surface area contributed by atoms with Gasteiger partial charge in [0.25, 0.3) is 0 Å². The van der Waals surface area contributed by atoms with Gasteiger partial charge in [-0.25, -0.2) is 0 Å². The molecular weight excluding hydrogens is 207 g/mol. The number of hydrogen-bond donors (Lipinski definition) is 0. The molecule has 2 fully saturated rings. The fourth-order valence-electron chi connectivity index (χ4n) is 1.73. The van der Waals surface area contributed by atoms with E-state index in [4.69, 9.17) is 18.8 Å². The lowest BCUT2D eigenvalue weighted by molar-refractivity contribution is -0.0796. The summed E-state index contributed by atoms with van der Waals surface area (Å²) in [5, 5.41) is 0. The fraction of sp³-hybridized carbons (Fsp3) is 0.455. The van der Waals surface area contributed by atoms with E-state index in [2.05, 4.69) is 0 Å². The SMILES string of the molecule is c1cc(B2OCCO2)ccc1OC1COC1. The maximum atomic E-state index is 5.66. The van der Waals surface area contributed by atoms with Gasteiger partial charge in [-0.1, -0.05) is 12.1 Å². The summed E-state index contributed by atoms with van der Waals surface area (Å²) >= 11 is 0. The van der Waals surface area contributed by atoms with Crippen molar-refractivity contribution >= 4 is 12.6 Å². The first kappa shape index (κ1) is 10.1. The Morgan fingerprint density at radius 2 is 1.75 bits per heavy atom. The van der Waals surface area contributed by atoms with Crippen molar-refractivity contribution in [1.82, 2.24) is 0 Å². The lowest BCUT2D eigenvalue weighted by atomic mass is 9.79. The van der Waals surface area contributed by atoms with Crippen molar-refractivity contribution < 1.29 is 18.8 Å². The van der Waals surface area contributed by atoms with Crippen molar-refractivity contribution in [2.24, 2.45) is 0 Å². The van der Waals surface area contributed by atoms with E-state index in [1.807, 2.05) is 24.3 Å². The normalized spacial score (nSPS) is 20.9. The highest BCUT2D eigenvalue weighted by Gasteiger charge is 2.26. The van der Waals surface area contributed by atoms with E-state index >= 15 is 0 Å². The van der Waals surface area contributed by atoms with Crippen LogP contribution in [0.3, 0.4) is 0 Å². The first-order valence-electron chi connectivity index (χ1n) is 5.49. The van der Waals surface area contributed by atoms with Crippen LogP contribution >= 0.6 is 0 Å². The quantitative estimate of drug-likeness (QED) is 0.682. The highest BCUT2D eigenvalue weighted by Crippen LogP contribution is 2.15. The number of hydrogen-bond acceptors (Lipinski definition) is 4. The molecule has 0 unspecified atom stereocenters. The predicted molar refractivity (Wildman–Crippen MR) is 59.0 cm³/mol. The lowest BCUT2D eigenvalue weighted by Gasteiger charge is -2.26. The summed E-state index contributed by atoms with van der Waals surface area (Å²) in [6, 6.07) is 7.84. The summed E-state index contributed by atoms with van der Waals surface area (Å²) in [5.74, 6) is 0.870. The summed E-state index contributed by atoms with van der Waals surface area (Å²) in [5.41, 5.74) is 1.04. The third-order valence-electron chi connectivity index (χ3n) is 2.68. The van der Waals surface area contributed by atoms with Crippen molar-refractivity contribution in [3.63, 3.8) is 0 Å². The van der Waals surface area contributed by atoms with Gasteiger partial charge >= 0.3 is 7.12 Å². The largest absolute Gasteiger partial charge is 0.494 e. The minimum Gasteiger partial charge on any atom is -0.486 e. The van der Waals surface area contributed by atoms with Crippen LogP contribution in [0.4, 0.5) is 0 Å². The average molecular weight is 220 g/mol. The molecule has 4 nitrogen and oxygen atoms in total. The van der Waals surface area contributed by atoms with E-state index < -0.39 is 0 Å². The molecule has 3 rings (SSSR count). The molecule has 0 bridgehead atoms. The molecule has 1 aromatic rings. The molecule has 0 aromatic heterocycles. The van der Waals surface area contributed by atoms with Crippen LogP contribution in [0.5, 0.6) is 5.75 Å². The summed E-state index contributed by atoms with van der Waals surface area (Å²) in [6.07, 6.45) is 0.213. The molecule has 2 heterocycles. The molecule has 0 radical (unpaired) electrons. The molecule has 0 N–H and O–H groups in total. The Morgan fingerprint density at radius 1 is 1.06 bits per heavy atom. The second-order valence-corrected chi connectivity index (χ2v) is 3.92. The van der Waals surface area contributed by atoms with Crippen molar-refractivity contribution in [3.05, 3.63) is 24.3 Å². The van der Waals surface area contributed by atoms with Crippen LogP contribution in [0, 0.1) is 0 Å². The fourth-order valence-corrected chi connectivity index (χ4v) is 1.73. The van der Waals surface area contributed by atoms with Gasteiger partial charge in [0.05, 0.1) is 26.4 Å². The molecule has 0 aliphatic carbocycles. The zero-order chi connectivity index (χ0) is 10.8. The Labute approximate surface area is 94.6 Å². The van der Waals surface area contributed by atoms with Crippen molar-refractivity contribution in [2.45, 2.75) is 6.10 Å². The van der Waals surface area contributed by atoms with Gasteiger partial charge in [0.1, 0.15) is 11.9 Å². The number of ether oxygens (including phenoxy) is 2. The van der Waals surface area contributed by atoms with Crippen LogP contribution in [-0.2, 0) is 14.0 Å². The highest BCUT2D eigenvalue weighted by molar-refractivity contribution is 6.61. The molecule has 2 saturated heterocycles. The smallest absolute Gasteiger partial charge is 0.486 e. The molecule has 0 amide bonds.